The van der Waals surface area contributed by atoms with Gasteiger partial charge in [-0.05, 0) is 68.8 Å². The number of halogens is 1. The molecule has 0 unspecified atom stereocenters. The van der Waals surface area contributed by atoms with E-state index in [0.717, 1.165) is 27.5 Å². The molecule has 0 aliphatic carbocycles. The van der Waals surface area contributed by atoms with Crippen LogP contribution in [0.2, 0.25) is 0 Å². The molecule has 0 saturated carbocycles. The fourth-order valence-electron chi connectivity index (χ4n) is 2.53. The summed E-state index contributed by atoms with van der Waals surface area (Å²) >= 11 is 1.63. The van der Waals surface area contributed by atoms with Crippen LogP contribution >= 0.6 is 11.8 Å². The molecule has 2 N–H and O–H groups in total. The summed E-state index contributed by atoms with van der Waals surface area (Å²) in [6.45, 7) is 9.73. The van der Waals surface area contributed by atoms with Crippen molar-refractivity contribution in [2.45, 2.75) is 51.7 Å². The van der Waals surface area contributed by atoms with Gasteiger partial charge in [-0.1, -0.05) is 19.1 Å². The van der Waals surface area contributed by atoms with Crippen molar-refractivity contribution in [1.82, 2.24) is 0 Å². The fourth-order valence-corrected chi connectivity index (χ4v) is 3.36. The molecule has 0 radical (unpaired) electrons. The molecular formula is C21H27FN2O2S. The minimum absolute atomic E-state index is 0.273. The summed E-state index contributed by atoms with van der Waals surface area (Å²) in [5, 5.41) is 0. The number of carbonyl (C=O) groups excluding carboxylic acids is 1. The molecular weight excluding hydrogens is 363 g/mol. The summed E-state index contributed by atoms with van der Waals surface area (Å²) in [6, 6.07) is 9.88. The zero-order valence-corrected chi connectivity index (χ0v) is 17.3. The minimum Gasteiger partial charge on any atom is -0.443 e. The van der Waals surface area contributed by atoms with E-state index in [-0.39, 0.29) is 12.4 Å². The van der Waals surface area contributed by atoms with Crippen LogP contribution in [0.3, 0.4) is 0 Å². The summed E-state index contributed by atoms with van der Waals surface area (Å²) < 4.78 is 18.8. The highest BCUT2D eigenvalue weighted by Gasteiger charge is 2.24. The average Bonchev–Trinajstić information content (AvgIpc) is 2.57. The molecule has 0 aliphatic rings. The molecule has 0 saturated heterocycles. The lowest BCUT2D eigenvalue weighted by atomic mass is 10.1. The van der Waals surface area contributed by atoms with E-state index in [1.807, 2.05) is 39.8 Å². The van der Waals surface area contributed by atoms with Gasteiger partial charge < -0.3 is 10.5 Å². The Kier molecular flexibility index (Phi) is 6.76. The van der Waals surface area contributed by atoms with Gasteiger partial charge >= 0.3 is 6.09 Å². The number of anilines is 2. The van der Waals surface area contributed by atoms with Crippen LogP contribution in [-0.2, 0) is 11.3 Å². The first kappa shape index (κ1) is 21.1. The van der Waals surface area contributed by atoms with Crippen molar-refractivity contribution in [2.75, 3.05) is 16.4 Å². The van der Waals surface area contributed by atoms with Crippen LogP contribution in [-0.4, -0.2) is 17.4 Å². The van der Waals surface area contributed by atoms with Gasteiger partial charge in [-0.3, -0.25) is 4.90 Å². The highest BCUT2D eigenvalue weighted by molar-refractivity contribution is 7.99. The van der Waals surface area contributed by atoms with Crippen molar-refractivity contribution in [3.05, 3.63) is 53.3 Å². The smallest absolute Gasteiger partial charge is 0.415 e. The van der Waals surface area contributed by atoms with Gasteiger partial charge in [-0.15, -0.1) is 11.8 Å². The molecule has 6 heteroatoms. The Labute approximate surface area is 164 Å². The summed E-state index contributed by atoms with van der Waals surface area (Å²) in [5.74, 6) is 0.560. The lowest BCUT2D eigenvalue weighted by Gasteiger charge is -2.28. The molecule has 0 bridgehead atoms. The van der Waals surface area contributed by atoms with E-state index in [1.165, 1.54) is 12.1 Å². The van der Waals surface area contributed by atoms with Crippen molar-refractivity contribution in [2.24, 2.45) is 0 Å². The monoisotopic (exact) mass is 390 g/mol. The number of aryl methyl sites for hydroxylation is 1. The molecule has 0 fully saturated rings. The second-order valence-electron chi connectivity index (χ2n) is 7.30. The fraction of sp³-hybridized carbons (Fsp3) is 0.381. The van der Waals surface area contributed by atoms with E-state index in [1.54, 1.807) is 28.8 Å². The Morgan fingerprint density at radius 2 is 1.85 bits per heavy atom. The number of hydrogen-bond acceptors (Lipinski definition) is 4. The normalized spacial score (nSPS) is 11.3. The SMILES string of the molecule is CCSc1cc(N(Cc2ccc(F)cc2)C(=O)OC(C)(C)C)cc(C)c1N. The highest BCUT2D eigenvalue weighted by Crippen LogP contribution is 2.34. The number of rotatable bonds is 5. The van der Waals surface area contributed by atoms with E-state index >= 15 is 0 Å². The maximum Gasteiger partial charge on any atom is 0.415 e. The van der Waals surface area contributed by atoms with Crippen molar-refractivity contribution in [1.29, 1.82) is 0 Å². The van der Waals surface area contributed by atoms with Crippen molar-refractivity contribution < 1.29 is 13.9 Å². The van der Waals surface area contributed by atoms with Gasteiger partial charge in [-0.2, -0.15) is 0 Å². The number of thioether (sulfide) groups is 1. The largest absolute Gasteiger partial charge is 0.443 e. The molecule has 27 heavy (non-hydrogen) atoms. The van der Waals surface area contributed by atoms with Crippen LogP contribution in [0.5, 0.6) is 0 Å². The summed E-state index contributed by atoms with van der Waals surface area (Å²) in [4.78, 5) is 15.4. The van der Waals surface area contributed by atoms with E-state index in [9.17, 15) is 9.18 Å². The molecule has 4 nitrogen and oxygen atoms in total. The number of amides is 1. The van der Waals surface area contributed by atoms with Gasteiger partial charge in [0.05, 0.1) is 6.54 Å². The maximum atomic E-state index is 13.2. The molecule has 0 aromatic heterocycles. The molecule has 0 heterocycles. The van der Waals surface area contributed by atoms with E-state index in [4.69, 9.17) is 10.5 Å². The summed E-state index contributed by atoms with van der Waals surface area (Å²) in [6.07, 6.45) is -0.455. The standard InChI is InChI=1S/C21H27FN2O2S/c1-6-27-18-12-17(11-14(2)19(18)23)24(20(25)26-21(3,4)5)13-15-7-9-16(22)10-8-15/h7-12H,6,13,23H2,1-5H3. The Balaban J connectivity index is 2.45. The van der Waals surface area contributed by atoms with E-state index in [2.05, 4.69) is 6.92 Å². The predicted molar refractivity (Wildman–Crippen MR) is 111 cm³/mol. The molecule has 2 rings (SSSR count). The summed E-state index contributed by atoms with van der Waals surface area (Å²) in [5.41, 5.74) is 8.69. The quantitative estimate of drug-likeness (QED) is 0.520. The minimum atomic E-state index is -0.623. The maximum absolute atomic E-state index is 13.2. The zero-order valence-electron chi connectivity index (χ0n) is 16.5. The van der Waals surface area contributed by atoms with E-state index < -0.39 is 11.7 Å². The lowest BCUT2D eigenvalue weighted by Crippen LogP contribution is -2.36. The van der Waals surface area contributed by atoms with Crippen LogP contribution in [0, 0.1) is 12.7 Å². The van der Waals surface area contributed by atoms with Gasteiger partial charge in [0.25, 0.3) is 0 Å². The van der Waals surface area contributed by atoms with Crippen LogP contribution in [0.15, 0.2) is 41.3 Å². The molecule has 1 amide bonds. The molecule has 0 aliphatic heterocycles. The van der Waals surface area contributed by atoms with E-state index in [0.29, 0.717) is 5.69 Å². The third-order valence-electron chi connectivity index (χ3n) is 3.81. The molecule has 2 aromatic carbocycles. The van der Waals surface area contributed by atoms with Crippen molar-refractivity contribution in [3.8, 4) is 0 Å². The molecule has 146 valence electrons. The third kappa shape index (κ3) is 5.89. The molecule has 0 atom stereocenters. The first-order valence-corrected chi connectivity index (χ1v) is 9.87. The number of nitrogen functional groups attached to an aromatic ring is 1. The number of nitrogens with zero attached hydrogens (tertiary/aromatic N) is 1. The number of carbonyl (C=O) groups is 1. The first-order chi connectivity index (χ1) is 12.6. The van der Waals surface area contributed by atoms with Gasteiger partial charge in [-0.25, -0.2) is 9.18 Å². The van der Waals surface area contributed by atoms with Crippen LogP contribution < -0.4 is 10.6 Å². The lowest BCUT2D eigenvalue weighted by molar-refractivity contribution is 0.0577. The number of benzene rings is 2. The number of hydrogen-bond donors (Lipinski definition) is 1. The number of nitrogens with two attached hydrogens (primary N) is 1. The number of ether oxygens (including phenoxy) is 1. The van der Waals surface area contributed by atoms with Crippen LogP contribution in [0.1, 0.15) is 38.8 Å². The Morgan fingerprint density at radius 3 is 2.41 bits per heavy atom. The Hall–Kier alpha value is -2.21. The molecule has 2 aromatic rings. The Morgan fingerprint density at radius 1 is 1.22 bits per heavy atom. The van der Waals surface area contributed by atoms with Crippen LogP contribution in [0.4, 0.5) is 20.6 Å². The van der Waals surface area contributed by atoms with Crippen LogP contribution in [0.25, 0.3) is 0 Å². The first-order valence-electron chi connectivity index (χ1n) is 8.88. The second kappa shape index (κ2) is 8.65. The topological polar surface area (TPSA) is 55.6 Å². The summed E-state index contributed by atoms with van der Waals surface area (Å²) in [7, 11) is 0. The zero-order chi connectivity index (χ0) is 20.2. The average molecular weight is 391 g/mol. The van der Waals surface area contributed by atoms with Gasteiger partial charge in [0.15, 0.2) is 0 Å². The van der Waals surface area contributed by atoms with Crippen molar-refractivity contribution in [3.63, 3.8) is 0 Å². The molecule has 0 spiro atoms. The third-order valence-corrected chi connectivity index (χ3v) is 4.75. The van der Waals surface area contributed by atoms with Gasteiger partial charge in [0.1, 0.15) is 11.4 Å². The Bertz CT molecular complexity index is 801. The van der Waals surface area contributed by atoms with Gasteiger partial charge in [0, 0.05) is 16.3 Å². The highest BCUT2D eigenvalue weighted by atomic mass is 32.2. The predicted octanol–water partition coefficient (Wildman–Crippen LogP) is 5.77. The van der Waals surface area contributed by atoms with Gasteiger partial charge in [0.2, 0.25) is 0 Å². The van der Waals surface area contributed by atoms with Crippen molar-refractivity contribution >= 4 is 29.2 Å². The second-order valence-corrected chi connectivity index (χ2v) is 8.61.